The Morgan fingerprint density at radius 1 is 1.03 bits per heavy atom. The fourth-order valence-electron chi connectivity index (χ4n) is 4.98. The number of aromatic amines is 1. The fourth-order valence-corrected chi connectivity index (χ4v) is 5.25. The first-order chi connectivity index (χ1) is 16.1. The van der Waals surface area contributed by atoms with E-state index in [-0.39, 0.29) is 29.5 Å². The molecule has 1 unspecified atom stereocenters. The molecule has 4 aromatic rings. The van der Waals surface area contributed by atoms with Gasteiger partial charge in [-0.25, -0.2) is 4.98 Å². The summed E-state index contributed by atoms with van der Waals surface area (Å²) in [6.45, 7) is 0.300. The largest absolute Gasteiger partial charge is 0.471 e. The summed E-state index contributed by atoms with van der Waals surface area (Å²) in [7, 11) is 0. The van der Waals surface area contributed by atoms with Crippen LogP contribution < -0.4 is 4.74 Å². The molecule has 2 N–H and O–H groups in total. The average molecular weight is 465 g/mol. The number of fused-ring (bicyclic) bond motifs is 2. The van der Waals surface area contributed by atoms with Gasteiger partial charge >= 0.3 is 0 Å². The summed E-state index contributed by atoms with van der Waals surface area (Å²) in [5, 5.41) is 10.4. The Kier molecular flexibility index (Phi) is 5.09. The molecule has 2 aromatic heterocycles. The summed E-state index contributed by atoms with van der Waals surface area (Å²) < 4.78 is 26.9. The Balaban J connectivity index is 1.30. The molecule has 6 rings (SSSR count). The highest BCUT2D eigenvalue weighted by atomic mass is 35.5. The van der Waals surface area contributed by atoms with Gasteiger partial charge in [-0.3, -0.25) is 0 Å². The summed E-state index contributed by atoms with van der Waals surface area (Å²) in [6.07, 6.45) is 0.489. The highest BCUT2D eigenvalue weighted by Gasteiger charge is 2.47. The van der Waals surface area contributed by atoms with Crippen molar-refractivity contribution in [3.8, 4) is 28.3 Å². The number of pyridine rings is 1. The maximum Gasteiger partial charge on any atom is 0.231 e. The van der Waals surface area contributed by atoms with Gasteiger partial charge in [-0.2, -0.15) is 4.39 Å². The van der Waals surface area contributed by atoms with Gasteiger partial charge in [0.1, 0.15) is 11.6 Å². The molecule has 7 heteroatoms. The van der Waals surface area contributed by atoms with Crippen molar-refractivity contribution in [2.45, 2.75) is 31.2 Å². The number of H-pyrrole nitrogens is 1. The van der Waals surface area contributed by atoms with Crippen LogP contribution in [0.1, 0.15) is 12.8 Å². The van der Waals surface area contributed by atoms with Crippen LogP contribution in [0.2, 0.25) is 5.02 Å². The topological polar surface area (TPSA) is 67.4 Å². The smallest absolute Gasteiger partial charge is 0.231 e. The molecule has 0 spiro atoms. The Morgan fingerprint density at radius 3 is 2.55 bits per heavy atom. The Hall–Kier alpha value is -2.93. The lowest BCUT2D eigenvalue weighted by atomic mass is 10.0. The second kappa shape index (κ2) is 8.13. The quantitative estimate of drug-likeness (QED) is 0.412. The molecule has 1 saturated carbocycles. The number of rotatable bonds is 4. The molecule has 2 fully saturated rings. The highest BCUT2D eigenvalue weighted by molar-refractivity contribution is 6.33. The molecule has 3 heterocycles. The van der Waals surface area contributed by atoms with Crippen LogP contribution in [0.3, 0.4) is 0 Å². The van der Waals surface area contributed by atoms with Gasteiger partial charge in [-0.1, -0.05) is 66.2 Å². The van der Waals surface area contributed by atoms with Crippen molar-refractivity contribution in [1.82, 2.24) is 9.97 Å². The third-order valence-electron chi connectivity index (χ3n) is 6.69. The van der Waals surface area contributed by atoms with Crippen molar-refractivity contribution in [3.63, 3.8) is 0 Å². The van der Waals surface area contributed by atoms with Gasteiger partial charge in [0.25, 0.3) is 0 Å². The standard InChI is InChI=1S/C26H22ClFN2O3/c27-18-12-19-24(22(28)26(29-19)33-21-11-10-17-20(31)13-32-25(17)21)30-23(18)16-8-6-15(7-9-16)14-4-2-1-3-5-14/h1-9,12,17,20-21,25,29,31H,10-11,13H2/t17?,20-,21-,25+/m1/s1. The van der Waals surface area contributed by atoms with Crippen molar-refractivity contribution >= 4 is 22.6 Å². The minimum absolute atomic E-state index is 0.0285. The molecule has 33 heavy (non-hydrogen) atoms. The van der Waals surface area contributed by atoms with Crippen molar-refractivity contribution in [3.05, 3.63) is 71.5 Å². The molecule has 1 saturated heterocycles. The van der Waals surface area contributed by atoms with Crippen LogP contribution in [-0.4, -0.2) is 40.0 Å². The maximum atomic E-state index is 15.3. The van der Waals surface area contributed by atoms with E-state index in [1.165, 1.54) is 0 Å². The molecule has 168 valence electrons. The number of benzene rings is 2. The number of halogens is 2. The monoisotopic (exact) mass is 464 g/mol. The van der Waals surface area contributed by atoms with Crippen molar-refractivity contribution in [1.29, 1.82) is 0 Å². The summed E-state index contributed by atoms with van der Waals surface area (Å²) in [6, 6.07) is 19.6. The minimum atomic E-state index is -0.550. The van der Waals surface area contributed by atoms with Crippen LogP contribution >= 0.6 is 11.6 Å². The van der Waals surface area contributed by atoms with Crippen LogP contribution in [0.4, 0.5) is 4.39 Å². The lowest BCUT2D eigenvalue weighted by Gasteiger charge is -2.18. The molecule has 0 amide bonds. The number of hydrogen-bond donors (Lipinski definition) is 2. The Bertz CT molecular complexity index is 1310. The van der Waals surface area contributed by atoms with Crippen LogP contribution in [0.15, 0.2) is 60.7 Å². The first-order valence-corrected chi connectivity index (χ1v) is 11.5. The second-order valence-corrected chi connectivity index (χ2v) is 9.10. The minimum Gasteiger partial charge on any atom is -0.471 e. The zero-order valence-electron chi connectivity index (χ0n) is 17.7. The normalized spacial score (nSPS) is 24.3. The molecule has 2 aliphatic rings. The van der Waals surface area contributed by atoms with Crippen LogP contribution in [0.5, 0.6) is 5.88 Å². The number of nitrogens with one attached hydrogen (secondary N) is 1. The number of aliphatic hydroxyl groups excluding tert-OH is 1. The van der Waals surface area contributed by atoms with E-state index >= 15 is 4.39 Å². The molecule has 0 radical (unpaired) electrons. The molecule has 5 nitrogen and oxygen atoms in total. The second-order valence-electron chi connectivity index (χ2n) is 8.69. The van der Waals surface area contributed by atoms with Gasteiger partial charge in [0.2, 0.25) is 11.7 Å². The van der Waals surface area contributed by atoms with Crippen LogP contribution in [0.25, 0.3) is 33.4 Å². The summed E-state index contributed by atoms with van der Waals surface area (Å²) in [5.41, 5.74) is 4.16. The molecular formula is C26H22ClFN2O3. The van der Waals surface area contributed by atoms with Gasteiger partial charge < -0.3 is 19.6 Å². The fraction of sp³-hybridized carbons (Fsp3) is 0.269. The highest BCUT2D eigenvalue weighted by Crippen LogP contribution is 2.40. The van der Waals surface area contributed by atoms with Crippen molar-refractivity contribution in [2.75, 3.05) is 6.61 Å². The SMILES string of the molecule is O[C@@H]1CO[C@H]2C1CC[C@H]2Oc1[nH]c2cc(Cl)c(-c3ccc(-c4ccccc4)cc3)nc2c1F. The molecule has 1 aliphatic carbocycles. The Morgan fingerprint density at radius 2 is 1.76 bits per heavy atom. The zero-order chi connectivity index (χ0) is 22.5. The predicted octanol–water partition coefficient (Wildman–Crippen LogP) is 5.61. The predicted molar refractivity (Wildman–Crippen MR) is 125 cm³/mol. The number of aromatic nitrogens is 2. The molecule has 2 aromatic carbocycles. The van der Waals surface area contributed by atoms with E-state index in [1.807, 2.05) is 54.6 Å². The van der Waals surface area contributed by atoms with E-state index in [2.05, 4.69) is 9.97 Å². The third kappa shape index (κ3) is 3.59. The van der Waals surface area contributed by atoms with E-state index in [4.69, 9.17) is 21.1 Å². The summed E-state index contributed by atoms with van der Waals surface area (Å²) in [4.78, 5) is 7.50. The van der Waals surface area contributed by atoms with Gasteiger partial charge in [-0.15, -0.1) is 0 Å². The number of ether oxygens (including phenoxy) is 2. The van der Waals surface area contributed by atoms with E-state index < -0.39 is 11.9 Å². The molecule has 1 aliphatic heterocycles. The number of hydrogen-bond acceptors (Lipinski definition) is 4. The Labute approximate surface area is 195 Å². The molecule has 4 atom stereocenters. The van der Waals surface area contributed by atoms with Gasteiger partial charge in [0, 0.05) is 11.5 Å². The van der Waals surface area contributed by atoms with Gasteiger partial charge in [0.15, 0.2) is 0 Å². The van der Waals surface area contributed by atoms with E-state index in [0.717, 1.165) is 23.1 Å². The number of aliphatic hydroxyl groups is 1. The van der Waals surface area contributed by atoms with Crippen molar-refractivity contribution < 1.29 is 19.0 Å². The molecule has 0 bridgehead atoms. The third-order valence-corrected chi connectivity index (χ3v) is 6.98. The average Bonchev–Trinajstić information content (AvgIpc) is 3.50. The van der Waals surface area contributed by atoms with Gasteiger partial charge in [0.05, 0.1) is 35.0 Å². The van der Waals surface area contributed by atoms with Crippen molar-refractivity contribution in [2.24, 2.45) is 5.92 Å². The first kappa shape index (κ1) is 20.7. The maximum absolute atomic E-state index is 15.3. The lowest BCUT2D eigenvalue weighted by molar-refractivity contribution is 0.0139. The first-order valence-electron chi connectivity index (χ1n) is 11.1. The summed E-state index contributed by atoms with van der Waals surface area (Å²) in [5.74, 6) is -0.480. The summed E-state index contributed by atoms with van der Waals surface area (Å²) >= 11 is 6.52. The molecular weight excluding hydrogens is 443 g/mol. The lowest BCUT2D eigenvalue weighted by Crippen LogP contribution is -2.30. The van der Waals surface area contributed by atoms with Gasteiger partial charge in [-0.05, 0) is 30.0 Å². The van der Waals surface area contributed by atoms with Crippen LogP contribution in [-0.2, 0) is 4.74 Å². The number of nitrogens with zero attached hydrogens (tertiary/aromatic N) is 1. The zero-order valence-corrected chi connectivity index (χ0v) is 18.4. The van der Waals surface area contributed by atoms with Crippen LogP contribution in [0, 0.1) is 11.7 Å². The van der Waals surface area contributed by atoms with E-state index in [0.29, 0.717) is 29.3 Å². The van der Waals surface area contributed by atoms with E-state index in [1.54, 1.807) is 6.07 Å². The van der Waals surface area contributed by atoms with E-state index in [9.17, 15) is 5.11 Å².